The molecule has 1 fully saturated rings. The lowest BCUT2D eigenvalue weighted by Gasteiger charge is -2.29. The average molecular weight is 349 g/mol. The Balaban J connectivity index is 0.00000208. The first-order chi connectivity index (χ1) is 11.4. The lowest BCUT2D eigenvalue weighted by molar-refractivity contribution is 0.122. The average Bonchev–Trinajstić information content (AvgIpc) is 2.62. The van der Waals surface area contributed by atoms with E-state index in [2.05, 4.69) is 40.5 Å². The van der Waals surface area contributed by atoms with Gasteiger partial charge < -0.3 is 19.7 Å². The Labute approximate surface area is 150 Å². The molecule has 0 aliphatic carbocycles. The van der Waals surface area contributed by atoms with Crippen LogP contribution >= 0.6 is 12.4 Å². The van der Waals surface area contributed by atoms with Gasteiger partial charge in [-0.1, -0.05) is 18.2 Å². The summed E-state index contributed by atoms with van der Waals surface area (Å²) in [5.41, 5.74) is 3.55. The summed E-state index contributed by atoms with van der Waals surface area (Å²) in [6.45, 7) is 7.01. The molecule has 2 aromatic rings. The Morgan fingerprint density at radius 3 is 2.46 bits per heavy atom. The molecule has 3 rings (SSSR count). The topological polar surface area (TPSA) is 33.7 Å². The molecule has 1 aliphatic rings. The van der Waals surface area contributed by atoms with E-state index in [-0.39, 0.29) is 12.4 Å². The summed E-state index contributed by atoms with van der Waals surface area (Å²) >= 11 is 0. The minimum Gasteiger partial charge on any atom is -0.494 e. The Kier molecular flexibility index (Phi) is 7.22. The van der Waals surface area contributed by atoms with Gasteiger partial charge in [-0.3, -0.25) is 0 Å². The lowest BCUT2D eigenvalue weighted by atomic mass is 10.2. The van der Waals surface area contributed by atoms with Gasteiger partial charge in [0, 0.05) is 36.6 Å². The van der Waals surface area contributed by atoms with Crippen LogP contribution in [0.15, 0.2) is 48.5 Å². The highest BCUT2D eigenvalue weighted by Gasteiger charge is 2.10. The second-order valence-corrected chi connectivity index (χ2v) is 5.54. The van der Waals surface area contributed by atoms with Crippen LogP contribution < -0.4 is 15.0 Å². The third kappa shape index (κ3) is 4.79. The zero-order chi connectivity index (χ0) is 15.9. The second kappa shape index (κ2) is 9.40. The first kappa shape index (κ1) is 18.4. The molecule has 0 bridgehead atoms. The van der Waals surface area contributed by atoms with Gasteiger partial charge in [0.2, 0.25) is 0 Å². The van der Waals surface area contributed by atoms with E-state index < -0.39 is 0 Å². The van der Waals surface area contributed by atoms with Gasteiger partial charge in [-0.25, -0.2) is 0 Å². The maximum atomic E-state index is 5.67. The monoisotopic (exact) mass is 348 g/mol. The van der Waals surface area contributed by atoms with E-state index in [0.717, 1.165) is 44.3 Å². The number of anilines is 2. The van der Waals surface area contributed by atoms with Crippen molar-refractivity contribution >= 4 is 23.8 Å². The molecule has 2 aromatic carbocycles. The van der Waals surface area contributed by atoms with Crippen LogP contribution in [0.4, 0.5) is 11.4 Å². The fourth-order valence-electron chi connectivity index (χ4n) is 2.76. The van der Waals surface area contributed by atoms with Crippen LogP contribution in [-0.4, -0.2) is 32.9 Å². The zero-order valence-electron chi connectivity index (χ0n) is 14.0. The van der Waals surface area contributed by atoms with Crippen LogP contribution in [0.25, 0.3) is 0 Å². The van der Waals surface area contributed by atoms with Gasteiger partial charge in [0.05, 0.1) is 19.8 Å². The van der Waals surface area contributed by atoms with Crippen molar-refractivity contribution in [3.63, 3.8) is 0 Å². The molecule has 1 N–H and O–H groups in total. The molecule has 1 saturated heterocycles. The van der Waals surface area contributed by atoms with Gasteiger partial charge in [-0.05, 0) is 37.3 Å². The van der Waals surface area contributed by atoms with Crippen LogP contribution in [0.3, 0.4) is 0 Å². The molecule has 0 aromatic heterocycles. The van der Waals surface area contributed by atoms with E-state index in [1.165, 1.54) is 11.3 Å². The van der Waals surface area contributed by atoms with Crippen molar-refractivity contribution in [2.75, 3.05) is 43.1 Å². The smallest absolute Gasteiger partial charge is 0.124 e. The van der Waals surface area contributed by atoms with Crippen molar-refractivity contribution < 1.29 is 9.47 Å². The Morgan fingerprint density at radius 1 is 1.04 bits per heavy atom. The first-order valence-corrected chi connectivity index (χ1v) is 8.24. The normalized spacial score (nSPS) is 14.0. The van der Waals surface area contributed by atoms with Crippen LogP contribution in [-0.2, 0) is 11.3 Å². The number of nitrogens with one attached hydrogen (secondary N) is 1. The Bertz CT molecular complexity index is 613. The molecular weight excluding hydrogens is 324 g/mol. The second-order valence-electron chi connectivity index (χ2n) is 5.54. The minimum atomic E-state index is 0. The van der Waals surface area contributed by atoms with Gasteiger partial charge in [0.1, 0.15) is 5.75 Å². The predicted molar refractivity (Wildman–Crippen MR) is 102 cm³/mol. The van der Waals surface area contributed by atoms with E-state index >= 15 is 0 Å². The molecule has 1 heterocycles. The van der Waals surface area contributed by atoms with E-state index in [9.17, 15) is 0 Å². The predicted octanol–water partition coefficient (Wildman–Crippen LogP) is 3.96. The molecule has 1 aliphatic heterocycles. The van der Waals surface area contributed by atoms with Crippen molar-refractivity contribution in [1.29, 1.82) is 0 Å². The number of ether oxygens (including phenoxy) is 2. The molecule has 0 unspecified atom stereocenters. The van der Waals surface area contributed by atoms with Gasteiger partial charge in [-0.2, -0.15) is 0 Å². The number of morpholine rings is 1. The van der Waals surface area contributed by atoms with Crippen molar-refractivity contribution in [1.82, 2.24) is 0 Å². The number of hydrogen-bond acceptors (Lipinski definition) is 4. The highest BCUT2D eigenvalue weighted by atomic mass is 35.5. The van der Waals surface area contributed by atoms with Crippen molar-refractivity contribution in [3.05, 3.63) is 54.1 Å². The quantitative estimate of drug-likeness (QED) is 0.856. The van der Waals surface area contributed by atoms with E-state index in [4.69, 9.17) is 9.47 Å². The van der Waals surface area contributed by atoms with Crippen LogP contribution in [0.1, 0.15) is 12.5 Å². The third-order valence-electron chi connectivity index (χ3n) is 4.00. The van der Waals surface area contributed by atoms with E-state index in [1.807, 2.05) is 25.1 Å². The number of rotatable bonds is 6. The molecule has 0 radical (unpaired) electrons. The van der Waals surface area contributed by atoms with Gasteiger partial charge in [-0.15, -0.1) is 12.4 Å². The molecule has 4 nitrogen and oxygen atoms in total. The third-order valence-corrected chi connectivity index (χ3v) is 4.00. The first-order valence-electron chi connectivity index (χ1n) is 8.24. The molecular formula is C19H25ClN2O2. The van der Waals surface area contributed by atoms with Crippen molar-refractivity contribution in [3.8, 4) is 5.75 Å². The van der Waals surface area contributed by atoms with Crippen molar-refractivity contribution in [2.24, 2.45) is 0 Å². The SMILES string of the molecule is CCOc1ccccc1CNc1ccc(N2CCOCC2)cc1.Cl. The minimum absolute atomic E-state index is 0. The largest absolute Gasteiger partial charge is 0.494 e. The number of para-hydroxylation sites is 1. The standard InChI is InChI=1S/C19H24N2O2.ClH/c1-2-23-19-6-4-3-5-16(19)15-20-17-7-9-18(10-8-17)21-11-13-22-14-12-21;/h3-10,20H,2,11-15H2,1H3;1H. The number of nitrogens with zero attached hydrogens (tertiary/aromatic N) is 1. The lowest BCUT2D eigenvalue weighted by Crippen LogP contribution is -2.36. The fraction of sp³-hybridized carbons (Fsp3) is 0.368. The summed E-state index contributed by atoms with van der Waals surface area (Å²) < 4.78 is 11.1. The van der Waals surface area contributed by atoms with Crippen LogP contribution in [0, 0.1) is 0 Å². The summed E-state index contributed by atoms with van der Waals surface area (Å²) in [6.07, 6.45) is 0. The van der Waals surface area contributed by atoms with Crippen LogP contribution in [0.2, 0.25) is 0 Å². The molecule has 24 heavy (non-hydrogen) atoms. The molecule has 130 valence electrons. The summed E-state index contributed by atoms with van der Waals surface area (Å²) in [6, 6.07) is 16.8. The molecule has 0 saturated carbocycles. The van der Waals surface area contributed by atoms with E-state index in [1.54, 1.807) is 0 Å². The molecule has 0 atom stereocenters. The van der Waals surface area contributed by atoms with Crippen LogP contribution in [0.5, 0.6) is 5.75 Å². The number of benzene rings is 2. The maximum absolute atomic E-state index is 5.67. The molecule has 0 spiro atoms. The van der Waals surface area contributed by atoms with Gasteiger partial charge in [0.15, 0.2) is 0 Å². The summed E-state index contributed by atoms with van der Waals surface area (Å²) in [5.74, 6) is 0.951. The van der Waals surface area contributed by atoms with Crippen molar-refractivity contribution in [2.45, 2.75) is 13.5 Å². The molecule has 0 amide bonds. The molecule has 5 heteroatoms. The maximum Gasteiger partial charge on any atom is 0.124 e. The highest BCUT2D eigenvalue weighted by molar-refractivity contribution is 5.85. The highest BCUT2D eigenvalue weighted by Crippen LogP contribution is 2.22. The number of halogens is 1. The summed E-state index contributed by atoms with van der Waals surface area (Å²) in [4.78, 5) is 2.36. The fourth-order valence-corrected chi connectivity index (χ4v) is 2.76. The Morgan fingerprint density at radius 2 is 1.75 bits per heavy atom. The number of hydrogen-bond donors (Lipinski definition) is 1. The van der Waals surface area contributed by atoms with Gasteiger partial charge >= 0.3 is 0 Å². The zero-order valence-corrected chi connectivity index (χ0v) is 14.8. The van der Waals surface area contributed by atoms with E-state index in [0.29, 0.717) is 6.61 Å². The summed E-state index contributed by atoms with van der Waals surface area (Å²) in [7, 11) is 0. The summed E-state index contributed by atoms with van der Waals surface area (Å²) in [5, 5.41) is 3.47. The van der Waals surface area contributed by atoms with Gasteiger partial charge in [0.25, 0.3) is 0 Å². The Hall–Kier alpha value is -1.91.